The summed E-state index contributed by atoms with van der Waals surface area (Å²) in [6.07, 6.45) is 2.88. The lowest BCUT2D eigenvalue weighted by molar-refractivity contribution is -0.132. The number of amides is 2. The monoisotopic (exact) mass is 440 g/mol. The molecule has 0 bridgehead atoms. The second-order valence-corrected chi connectivity index (χ2v) is 8.90. The molecule has 0 spiro atoms. The summed E-state index contributed by atoms with van der Waals surface area (Å²) in [5, 5.41) is 3.26. The molecule has 170 valence electrons. The molecule has 3 aromatic carbocycles. The van der Waals surface area contributed by atoms with Crippen LogP contribution in [0.4, 0.5) is 0 Å². The largest absolute Gasteiger partial charge is 0.352 e. The third-order valence-corrected chi connectivity index (χ3v) is 6.47. The summed E-state index contributed by atoms with van der Waals surface area (Å²) in [7, 11) is 0. The van der Waals surface area contributed by atoms with Crippen molar-refractivity contribution in [2.75, 3.05) is 13.1 Å². The van der Waals surface area contributed by atoms with Gasteiger partial charge in [-0.2, -0.15) is 0 Å². The molecule has 0 radical (unpaired) electrons. The van der Waals surface area contributed by atoms with Crippen LogP contribution in [0.2, 0.25) is 0 Å². The van der Waals surface area contributed by atoms with E-state index in [9.17, 15) is 9.59 Å². The van der Waals surface area contributed by atoms with Gasteiger partial charge in [0.05, 0.1) is 5.92 Å². The van der Waals surface area contributed by atoms with E-state index in [0.717, 1.165) is 30.4 Å². The van der Waals surface area contributed by atoms with E-state index in [2.05, 4.69) is 36.5 Å². The van der Waals surface area contributed by atoms with Gasteiger partial charge in [-0.05, 0) is 42.9 Å². The van der Waals surface area contributed by atoms with E-state index in [1.165, 1.54) is 11.1 Å². The van der Waals surface area contributed by atoms with Crippen LogP contribution in [0.5, 0.6) is 0 Å². The molecule has 0 aromatic heterocycles. The maximum Gasteiger partial charge on any atom is 0.232 e. The fourth-order valence-corrected chi connectivity index (χ4v) is 4.51. The van der Waals surface area contributed by atoms with Crippen molar-refractivity contribution in [1.29, 1.82) is 0 Å². The first kappa shape index (κ1) is 22.8. The number of carbonyl (C=O) groups excluding carboxylic acids is 2. The minimum atomic E-state index is -0.332. The summed E-state index contributed by atoms with van der Waals surface area (Å²) < 4.78 is 0. The maximum atomic E-state index is 13.3. The van der Waals surface area contributed by atoms with E-state index in [1.54, 1.807) is 0 Å². The molecule has 2 amide bonds. The lowest BCUT2D eigenvalue weighted by atomic mass is 9.90. The fourth-order valence-electron chi connectivity index (χ4n) is 4.51. The molecule has 4 heteroatoms. The number of benzene rings is 3. The van der Waals surface area contributed by atoms with Gasteiger partial charge in [0, 0.05) is 25.6 Å². The normalized spacial score (nSPS) is 14.3. The highest BCUT2D eigenvalue weighted by molar-refractivity contribution is 5.87. The molecule has 33 heavy (non-hydrogen) atoms. The zero-order chi connectivity index (χ0) is 23.0. The second-order valence-electron chi connectivity index (χ2n) is 8.90. The van der Waals surface area contributed by atoms with Gasteiger partial charge in [0.25, 0.3) is 0 Å². The van der Waals surface area contributed by atoms with Crippen molar-refractivity contribution < 1.29 is 9.59 Å². The Morgan fingerprint density at radius 3 is 1.94 bits per heavy atom. The zero-order valence-electron chi connectivity index (χ0n) is 19.2. The highest BCUT2D eigenvalue weighted by Crippen LogP contribution is 2.25. The van der Waals surface area contributed by atoms with Crippen LogP contribution in [0.3, 0.4) is 0 Å². The van der Waals surface area contributed by atoms with Crippen molar-refractivity contribution in [2.45, 2.75) is 44.6 Å². The van der Waals surface area contributed by atoms with Gasteiger partial charge in [0.1, 0.15) is 0 Å². The van der Waals surface area contributed by atoms with Crippen LogP contribution in [0.15, 0.2) is 84.9 Å². The Labute approximate surface area is 196 Å². The molecule has 3 aromatic rings. The van der Waals surface area contributed by atoms with Gasteiger partial charge >= 0.3 is 0 Å². The first-order valence-corrected chi connectivity index (χ1v) is 11.8. The number of nitrogens with zero attached hydrogens (tertiary/aromatic N) is 1. The molecule has 0 aliphatic carbocycles. The van der Waals surface area contributed by atoms with Crippen LogP contribution in [0, 0.1) is 6.92 Å². The molecule has 1 heterocycles. The second kappa shape index (κ2) is 11.0. The predicted molar refractivity (Wildman–Crippen MR) is 132 cm³/mol. The van der Waals surface area contributed by atoms with Crippen molar-refractivity contribution in [2.24, 2.45) is 0 Å². The molecule has 1 saturated heterocycles. The molecule has 4 nitrogen and oxygen atoms in total. The van der Waals surface area contributed by atoms with Crippen LogP contribution >= 0.6 is 0 Å². The third-order valence-electron chi connectivity index (χ3n) is 6.47. The molecular formula is C29H32N2O2. The highest BCUT2D eigenvalue weighted by Gasteiger charge is 2.28. The van der Waals surface area contributed by atoms with Gasteiger partial charge in [0.2, 0.25) is 11.8 Å². The van der Waals surface area contributed by atoms with E-state index in [1.807, 2.05) is 65.6 Å². The predicted octanol–water partition coefficient (Wildman–Crippen LogP) is 4.87. The molecule has 1 aliphatic heterocycles. The number of nitrogens with one attached hydrogen (secondary N) is 1. The third kappa shape index (κ3) is 6.10. The zero-order valence-corrected chi connectivity index (χ0v) is 19.2. The Morgan fingerprint density at radius 2 is 1.39 bits per heavy atom. The van der Waals surface area contributed by atoms with E-state index in [4.69, 9.17) is 0 Å². The lowest BCUT2D eigenvalue weighted by Gasteiger charge is -2.33. The van der Waals surface area contributed by atoms with Gasteiger partial charge in [-0.15, -0.1) is 0 Å². The standard InChI is InChI=1S/C29H32N2O2/c1-22-12-14-23(15-13-22)16-17-27(32)31-20-18-26(19-21-31)30-29(33)28(24-8-4-2-5-9-24)25-10-6-3-7-11-25/h2-15,26,28H,16-21H2,1H3,(H,30,33). The van der Waals surface area contributed by atoms with Crippen molar-refractivity contribution >= 4 is 11.8 Å². The average molecular weight is 441 g/mol. The quantitative estimate of drug-likeness (QED) is 0.570. The lowest BCUT2D eigenvalue weighted by Crippen LogP contribution is -2.47. The number of carbonyl (C=O) groups is 2. The van der Waals surface area contributed by atoms with Gasteiger partial charge in [-0.3, -0.25) is 9.59 Å². The number of rotatable bonds is 7. The first-order valence-electron chi connectivity index (χ1n) is 11.8. The Bertz CT molecular complexity index is 1000. The Kier molecular flexibility index (Phi) is 7.56. The van der Waals surface area contributed by atoms with Gasteiger partial charge < -0.3 is 10.2 Å². The van der Waals surface area contributed by atoms with Gasteiger partial charge in [-0.25, -0.2) is 0 Å². The van der Waals surface area contributed by atoms with E-state index in [-0.39, 0.29) is 23.8 Å². The van der Waals surface area contributed by atoms with Crippen LogP contribution in [0.1, 0.15) is 47.4 Å². The molecule has 0 unspecified atom stereocenters. The maximum absolute atomic E-state index is 13.3. The highest BCUT2D eigenvalue weighted by atomic mass is 16.2. The topological polar surface area (TPSA) is 49.4 Å². The smallest absolute Gasteiger partial charge is 0.232 e. The van der Waals surface area contributed by atoms with E-state index in [0.29, 0.717) is 19.5 Å². The van der Waals surface area contributed by atoms with Crippen LogP contribution < -0.4 is 5.32 Å². The van der Waals surface area contributed by atoms with Crippen LogP contribution in [-0.4, -0.2) is 35.8 Å². The summed E-state index contributed by atoms with van der Waals surface area (Å²) in [5.41, 5.74) is 4.41. The molecule has 1 aliphatic rings. The number of piperidine rings is 1. The number of hydrogen-bond donors (Lipinski definition) is 1. The molecule has 0 saturated carbocycles. The van der Waals surface area contributed by atoms with Crippen molar-refractivity contribution in [3.8, 4) is 0 Å². The summed E-state index contributed by atoms with van der Waals surface area (Å²) in [5.74, 6) is -0.107. The molecule has 1 N–H and O–H groups in total. The minimum Gasteiger partial charge on any atom is -0.352 e. The fraction of sp³-hybridized carbons (Fsp3) is 0.310. The SMILES string of the molecule is Cc1ccc(CCC(=O)N2CCC(NC(=O)C(c3ccccc3)c3ccccc3)CC2)cc1. The van der Waals surface area contributed by atoms with E-state index >= 15 is 0 Å². The van der Waals surface area contributed by atoms with Gasteiger partial charge in [0.15, 0.2) is 0 Å². The summed E-state index contributed by atoms with van der Waals surface area (Å²) in [6, 6.07) is 28.3. The minimum absolute atomic E-state index is 0.0246. The molecule has 0 atom stereocenters. The van der Waals surface area contributed by atoms with Crippen molar-refractivity contribution in [3.05, 3.63) is 107 Å². The molecule has 1 fully saturated rings. The molecule has 4 rings (SSSR count). The van der Waals surface area contributed by atoms with Crippen LogP contribution in [-0.2, 0) is 16.0 Å². The Hall–Kier alpha value is -3.40. The number of hydrogen-bond acceptors (Lipinski definition) is 2. The Morgan fingerprint density at radius 1 is 0.848 bits per heavy atom. The summed E-state index contributed by atoms with van der Waals surface area (Å²) >= 11 is 0. The number of likely N-dealkylation sites (tertiary alicyclic amines) is 1. The van der Waals surface area contributed by atoms with Crippen molar-refractivity contribution in [3.63, 3.8) is 0 Å². The summed E-state index contributed by atoms with van der Waals surface area (Å²) in [6.45, 7) is 3.46. The van der Waals surface area contributed by atoms with E-state index < -0.39 is 0 Å². The number of aryl methyl sites for hydroxylation is 2. The van der Waals surface area contributed by atoms with Crippen molar-refractivity contribution in [1.82, 2.24) is 10.2 Å². The summed E-state index contributed by atoms with van der Waals surface area (Å²) in [4.78, 5) is 28.0. The van der Waals surface area contributed by atoms with Gasteiger partial charge in [-0.1, -0.05) is 90.5 Å². The molecular weight excluding hydrogens is 408 g/mol. The van der Waals surface area contributed by atoms with Crippen LogP contribution in [0.25, 0.3) is 0 Å². The Balaban J connectivity index is 1.31. The first-order chi connectivity index (χ1) is 16.1. The average Bonchev–Trinajstić information content (AvgIpc) is 2.85.